The molecule has 2 heterocycles. The maximum Gasteiger partial charge on any atom is 0.305 e. The van der Waals surface area contributed by atoms with Crippen molar-refractivity contribution in [1.29, 1.82) is 0 Å². The summed E-state index contributed by atoms with van der Waals surface area (Å²) >= 11 is 0. The van der Waals surface area contributed by atoms with Crippen LogP contribution in [0.3, 0.4) is 0 Å². The van der Waals surface area contributed by atoms with E-state index in [0.717, 1.165) is 25.8 Å². The van der Waals surface area contributed by atoms with Crippen LogP contribution in [-0.2, 0) is 115 Å². The molecule has 11 atom stereocenters. The molecule has 36 nitrogen and oxygen atoms in total. The van der Waals surface area contributed by atoms with Crippen LogP contribution >= 0.6 is 0 Å². The number of primary amides is 1. The lowest BCUT2D eigenvalue weighted by Crippen LogP contribution is -2.61. The Morgan fingerprint density at radius 2 is 0.954 bits per heavy atom. The van der Waals surface area contributed by atoms with E-state index < -0.39 is 212 Å². The number of nitrogens with two attached hydrogens (primary N) is 1. The normalized spacial score (nSPS) is 22.0. The van der Waals surface area contributed by atoms with Crippen LogP contribution in [-0.4, -0.2) is 274 Å². The number of rotatable bonds is 23. The predicted molar refractivity (Wildman–Crippen MR) is 487 cm³/mol. The maximum absolute atomic E-state index is 15.5. The van der Waals surface area contributed by atoms with E-state index in [4.69, 9.17) is 5.73 Å². The van der Waals surface area contributed by atoms with Crippen molar-refractivity contribution in [1.82, 2.24) is 82.7 Å². The second-order valence-corrected chi connectivity index (χ2v) is 34.0. The van der Waals surface area contributed by atoms with E-state index in [0.29, 0.717) is 46.0 Å². The van der Waals surface area contributed by atoms with Crippen LogP contribution in [0.5, 0.6) is 11.5 Å². The molecule has 0 aliphatic carbocycles. The fraction of sp³-hybridized carbons (Fsp3) is 0.432. The molecule has 0 unspecified atom stereocenters. The third kappa shape index (κ3) is 32.0. The molecule has 1 fully saturated rings. The van der Waals surface area contributed by atoms with Gasteiger partial charge in [-0.1, -0.05) is 181 Å². The average Bonchev–Trinajstić information content (AvgIpc) is 1.66. The van der Waals surface area contributed by atoms with Crippen LogP contribution in [0.1, 0.15) is 113 Å². The number of carbonyl (C=O) groups is 16. The average molecular weight is 1810 g/mol. The smallest absolute Gasteiger partial charge is 0.305 e. The molecule has 0 saturated carbocycles. The van der Waals surface area contributed by atoms with E-state index in [2.05, 4.69) is 58.2 Å². The Balaban J connectivity index is 1.19. The predicted octanol–water partition coefficient (Wildman–Crippen LogP) is 1.96. The summed E-state index contributed by atoms with van der Waals surface area (Å²) in [5, 5.41) is 58.3. The molecule has 1 aliphatic rings. The quantitative estimate of drug-likeness (QED) is 0.0435. The van der Waals surface area contributed by atoms with Gasteiger partial charge in [-0.15, -0.1) is 0 Å². The van der Waals surface area contributed by atoms with Gasteiger partial charge in [0.05, 0.1) is 38.6 Å². The molecule has 1 aliphatic heterocycles. The maximum atomic E-state index is 15.5. The number of nitrogens with zero attached hydrogens (tertiary/aromatic N) is 5. The first kappa shape index (κ1) is 102. The molecule has 131 heavy (non-hydrogen) atoms. The van der Waals surface area contributed by atoms with Crippen molar-refractivity contribution in [2.75, 3.05) is 68.0 Å². The summed E-state index contributed by atoms with van der Waals surface area (Å²) in [7, 11) is 6.98. The number of aromatic nitrogens is 1. The number of likely N-dealkylation sites (N-methyl/N-ethyl adjacent to an activating group) is 5. The summed E-state index contributed by atoms with van der Waals surface area (Å²) < 4.78 is 0. The van der Waals surface area contributed by atoms with Gasteiger partial charge in [0.2, 0.25) is 88.6 Å². The lowest BCUT2D eigenvalue weighted by atomic mass is 9.98. The number of carbonyl (C=O) groups excluding carboxylic acids is 15. The van der Waals surface area contributed by atoms with Gasteiger partial charge in [-0.2, -0.15) is 0 Å². The standard InChI is InChI=1S/C95H123N17O19/c1-11-12-32-76-93(129)110(8)56-83(119)102-74(50-84(120)121)90(126)107-85(58(4)5)95(131)112(10)77(47-60-26-18-14-19-27-60)91(127)106-75(46-63-35-39-67(114)40-36-63)92(128)109(7)55-82(118)101-73(49-64-51-97-69-31-23-22-30-68(64)69)89(125)105-72(45-62-33-37-66(113)38-34-62)88(124)104-71(43-57(2)3)87(123)103-70(86(122)99-52-79(96)115)41-42-80(116)98-53-81(117)100-65(44-59-24-16-13-17-25-59)54-108(6)78(94(130)111(76)9)48-61-28-20-15-21-29-61/h13-31,33-40,51,57-58,65,70-78,85,97,113-114H,11-12,32,41-50,52-56H2,1-10H3,(H2,96,115)(H,98,116)(H,99,122)(H,100,117)(H,101,118)(H,102,119)(H,103,123)(H,104,124)(H,105,125)(H,106,127)(H,107,126)(H,120,121)/t65-,70-,71-,72-,73-,74-,75-,76-,77-,78-,85-/m0/s1. The van der Waals surface area contributed by atoms with Crippen molar-refractivity contribution in [3.63, 3.8) is 0 Å². The molecular weight excluding hydrogens is 1680 g/mol. The number of H-pyrrole nitrogens is 1. The SMILES string of the molecule is CCCC[C@H]1C(=O)N(C)CC(=O)N[C@@H](CC(=O)O)C(=O)N[C@@H](C(C)C)C(=O)N(C)[C@@H](Cc2ccccc2)C(=O)N[C@@H](Cc2ccc(O)cc2)C(=O)N(C)CC(=O)N[C@@H](Cc2c[nH]c3ccccc23)C(=O)N[C@@H](Cc2ccc(O)cc2)C(=O)N[C@@H](CC(C)C)C(=O)N[C@H](C(=O)NCC(N)=O)CCC(=O)NCC(=O)N[C@@H](Cc2ccccc2)CN(C)[C@@H](Cc2ccccc2)C(=O)N1C. The monoisotopic (exact) mass is 1810 g/mol. The summed E-state index contributed by atoms with van der Waals surface area (Å²) in [4.78, 5) is 242. The number of carboxylic acids is 1. The van der Waals surface area contributed by atoms with E-state index in [-0.39, 0.29) is 75.3 Å². The minimum atomic E-state index is -1.88. The molecule has 0 radical (unpaired) electrons. The van der Waals surface area contributed by atoms with Gasteiger partial charge in [-0.05, 0) is 115 Å². The number of nitrogens with one attached hydrogen (secondary N) is 11. The molecule has 6 aromatic carbocycles. The second-order valence-electron chi connectivity index (χ2n) is 34.0. The number of unbranched alkanes of at least 4 members (excludes halogenated alkanes) is 1. The van der Waals surface area contributed by atoms with E-state index in [1.54, 1.807) is 131 Å². The minimum absolute atomic E-state index is 0.00888. The van der Waals surface area contributed by atoms with Gasteiger partial charge in [-0.3, -0.25) is 81.6 Å². The van der Waals surface area contributed by atoms with Gasteiger partial charge in [0, 0.05) is 90.0 Å². The highest BCUT2D eigenvalue weighted by molar-refractivity contribution is 6.00. The van der Waals surface area contributed by atoms with Crippen LogP contribution in [0, 0.1) is 11.8 Å². The van der Waals surface area contributed by atoms with E-state index >= 15 is 28.8 Å². The summed E-state index contributed by atoms with van der Waals surface area (Å²) in [6.45, 7) is 5.62. The van der Waals surface area contributed by atoms with Gasteiger partial charge in [0.25, 0.3) is 0 Å². The molecule has 16 N–H and O–H groups in total. The van der Waals surface area contributed by atoms with Crippen molar-refractivity contribution < 1.29 is 92.0 Å². The number of carboxylic acid groups (broad SMARTS) is 1. The van der Waals surface area contributed by atoms with Crippen molar-refractivity contribution in [2.24, 2.45) is 17.6 Å². The van der Waals surface area contributed by atoms with Crippen LogP contribution in [0.25, 0.3) is 10.9 Å². The van der Waals surface area contributed by atoms with Crippen molar-refractivity contribution in [2.45, 2.75) is 185 Å². The first-order chi connectivity index (χ1) is 62.3. The molecule has 0 spiro atoms. The number of para-hydroxylation sites is 1. The van der Waals surface area contributed by atoms with E-state index in [1.807, 2.05) is 37.3 Å². The lowest BCUT2D eigenvalue weighted by molar-refractivity contribution is -0.148. The van der Waals surface area contributed by atoms with Crippen molar-refractivity contribution in [3.8, 4) is 11.5 Å². The van der Waals surface area contributed by atoms with Crippen LogP contribution in [0.4, 0.5) is 0 Å². The number of aromatic hydroxyl groups is 2. The first-order valence-corrected chi connectivity index (χ1v) is 43.8. The van der Waals surface area contributed by atoms with Crippen molar-refractivity contribution in [3.05, 3.63) is 203 Å². The first-order valence-electron chi connectivity index (χ1n) is 43.8. The summed E-state index contributed by atoms with van der Waals surface area (Å²) in [5.41, 5.74) is 9.42. The van der Waals surface area contributed by atoms with Gasteiger partial charge in [0.15, 0.2) is 0 Å². The molecule has 36 heteroatoms. The number of fused-ring (bicyclic) bond motifs is 1. The Morgan fingerprint density at radius 1 is 0.473 bits per heavy atom. The Labute approximate surface area is 761 Å². The second kappa shape index (κ2) is 50.0. The van der Waals surface area contributed by atoms with Crippen molar-refractivity contribution >= 4 is 105 Å². The zero-order valence-electron chi connectivity index (χ0n) is 75.6. The topological polar surface area (TPSA) is 512 Å². The Kier molecular flexibility index (Phi) is 39.1. The molecule has 15 amide bonds. The minimum Gasteiger partial charge on any atom is -0.508 e. The molecule has 1 aromatic heterocycles. The third-order valence-corrected chi connectivity index (χ3v) is 22.6. The zero-order chi connectivity index (χ0) is 95.7. The highest BCUT2D eigenvalue weighted by Crippen LogP contribution is 2.24. The highest BCUT2D eigenvalue weighted by Gasteiger charge is 2.41. The molecule has 702 valence electrons. The fourth-order valence-electron chi connectivity index (χ4n) is 15.5. The number of hydrogen-bond donors (Lipinski definition) is 15. The summed E-state index contributed by atoms with van der Waals surface area (Å²) in [6, 6.07) is 29.2. The molecular formula is C95H123N17O19. The number of hydrogen-bond acceptors (Lipinski definition) is 19. The van der Waals surface area contributed by atoms with Gasteiger partial charge >= 0.3 is 5.97 Å². The third-order valence-electron chi connectivity index (χ3n) is 22.6. The molecule has 8 rings (SSSR count). The van der Waals surface area contributed by atoms with Gasteiger partial charge < -0.3 is 98.8 Å². The largest absolute Gasteiger partial charge is 0.508 e. The molecule has 1 saturated heterocycles. The number of amides is 15. The summed E-state index contributed by atoms with van der Waals surface area (Å²) in [6.07, 6.45) is -0.150. The Bertz CT molecular complexity index is 5100. The fourth-order valence-corrected chi connectivity index (χ4v) is 15.5. The lowest BCUT2D eigenvalue weighted by Gasteiger charge is -2.37. The van der Waals surface area contributed by atoms with E-state index in [9.17, 15) is 63.3 Å². The zero-order valence-corrected chi connectivity index (χ0v) is 75.6. The van der Waals surface area contributed by atoms with Gasteiger partial charge in [-0.25, -0.2) is 0 Å². The molecule has 7 aromatic rings. The number of aromatic amines is 1. The number of phenols is 2. The van der Waals surface area contributed by atoms with Gasteiger partial charge in [0.1, 0.15) is 65.9 Å². The van der Waals surface area contributed by atoms with E-state index in [1.165, 1.54) is 81.6 Å². The van der Waals surface area contributed by atoms with Crippen LogP contribution < -0.4 is 58.9 Å². The van der Waals surface area contributed by atoms with Crippen LogP contribution in [0.2, 0.25) is 0 Å². The number of aliphatic carboxylic acids is 1. The number of phenolic OH excluding ortho intramolecular Hbond substituents is 2. The Morgan fingerprint density at radius 3 is 1.50 bits per heavy atom. The molecule has 0 bridgehead atoms. The number of benzene rings is 6. The highest BCUT2D eigenvalue weighted by atomic mass is 16.4. The van der Waals surface area contributed by atoms with Crippen LogP contribution in [0.15, 0.2) is 170 Å². The summed E-state index contributed by atoms with van der Waals surface area (Å²) in [5.74, 6) is -16.2. The Hall–Kier alpha value is -14.1.